The fourth-order valence-corrected chi connectivity index (χ4v) is 1.48. The summed E-state index contributed by atoms with van der Waals surface area (Å²) in [6.45, 7) is 5.17. The molecule has 0 aliphatic carbocycles. The van der Waals surface area contributed by atoms with Gasteiger partial charge in [-0.2, -0.15) is 0 Å². The van der Waals surface area contributed by atoms with Crippen LogP contribution < -0.4 is 15.4 Å². The van der Waals surface area contributed by atoms with Crippen LogP contribution >= 0.6 is 0 Å². The van der Waals surface area contributed by atoms with Gasteiger partial charge in [0.05, 0.1) is 6.61 Å². The summed E-state index contributed by atoms with van der Waals surface area (Å²) in [6, 6.07) is 2.77. The first kappa shape index (κ1) is 15.9. The number of hydrogen-bond acceptors (Lipinski definition) is 5. The molecule has 0 spiro atoms. The number of aliphatic hydroxyl groups is 1. The van der Waals surface area contributed by atoms with Gasteiger partial charge in [0, 0.05) is 12.2 Å². The molecule has 3 amide bonds. The summed E-state index contributed by atoms with van der Waals surface area (Å²) >= 11 is 0. The fourth-order valence-electron chi connectivity index (χ4n) is 1.48. The van der Waals surface area contributed by atoms with Crippen LogP contribution in [0.2, 0.25) is 0 Å². The molecule has 110 valence electrons. The monoisotopic (exact) mass is 281 g/mol. The normalized spacial score (nSPS) is 11.6. The van der Waals surface area contributed by atoms with Gasteiger partial charge >= 0.3 is 6.03 Å². The fraction of sp³-hybridized carbons (Fsp3) is 0.462. The highest BCUT2D eigenvalue weighted by Crippen LogP contribution is 2.18. The van der Waals surface area contributed by atoms with E-state index in [0.717, 1.165) is 5.69 Å². The molecule has 3 N–H and O–H groups in total. The van der Waals surface area contributed by atoms with Crippen LogP contribution in [0.3, 0.4) is 0 Å². The van der Waals surface area contributed by atoms with Gasteiger partial charge in [0.1, 0.15) is 11.4 Å². The standard InChI is InChI=1S/C13H19N3O4/c1-4-14-13(19)16-12(18)9(3)20-11-6-5-8(2)15-10(11)7-17/h5-6,9,17H,4,7H2,1-3H3,(H2,14,16,18,19). The number of carbonyl (C=O) groups is 2. The quantitative estimate of drug-likeness (QED) is 0.729. The minimum Gasteiger partial charge on any atom is -0.479 e. The summed E-state index contributed by atoms with van der Waals surface area (Å²) in [5.41, 5.74) is 1.09. The maximum atomic E-state index is 11.7. The van der Waals surface area contributed by atoms with E-state index in [0.29, 0.717) is 18.0 Å². The topological polar surface area (TPSA) is 101 Å². The van der Waals surface area contributed by atoms with E-state index >= 15 is 0 Å². The van der Waals surface area contributed by atoms with Gasteiger partial charge in [0.25, 0.3) is 5.91 Å². The summed E-state index contributed by atoms with van der Waals surface area (Å²) in [5, 5.41) is 13.8. The molecule has 0 saturated carbocycles. The van der Waals surface area contributed by atoms with Crippen molar-refractivity contribution < 1.29 is 19.4 Å². The van der Waals surface area contributed by atoms with E-state index in [2.05, 4.69) is 15.6 Å². The highest BCUT2D eigenvalue weighted by molar-refractivity contribution is 5.96. The van der Waals surface area contributed by atoms with Crippen LogP contribution in [0.4, 0.5) is 4.79 Å². The van der Waals surface area contributed by atoms with E-state index < -0.39 is 18.0 Å². The van der Waals surface area contributed by atoms with Crippen LogP contribution in [0.25, 0.3) is 0 Å². The molecule has 0 aliphatic heterocycles. The third-order valence-corrected chi connectivity index (χ3v) is 2.47. The largest absolute Gasteiger partial charge is 0.479 e. The number of urea groups is 1. The number of rotatable bonds is 5. The van der Waals surface area contributed by atoms with Crippen LogP contribution in [-0.2, 0) is 11.4 Å². The number of hydrogen-bond donors (Lipinski definition) is 3. The van der Waals surface area contributed by atoms with E-state index in [4.69, 9.17) is 4.74 Å². The van der Waals surface area contributed by atoms with Crippen molar-refractivity contribution in [1.29, 1.82) is 0 Å². The second-order valence-electron chi connectivity index (χ2n) is 4.16. The molecule has 0 saturated heterocycles. The van der Waals surface area contributed by atoms with Crippen molar-refractivity contribution in [3.63, 3.8) is 0 Å². The van der Waals surface area contributed by atoms with Crippen molar-refractivity contribution in [3.8, 4) is 5.75 Å². The molecule has 1 aromatic heterocycles. The summed E-state index contributed by atoms with van der Waals surface area (Å²) in [7, 11) is 0. The zero-order chi connectivity index (χ0) is 15.1. The van der Waals surface area contributed by atoms with Crippen molar-refractivity contribution in [2.45, 2.75) is 33.5 Å². The summed E-state index contributed by atoms with van der Waals surface area (Å²) < 4.78 is 5.42. The summed E-state index contributed by atoms with van der Waals surface area (Å²) in [4.78, 5) is 27.1. The van der Waals surface area contributed by atoms with Crippen LogP contribution in [0.5, 0.6) is 5.75 Å². The Labute approximate surface area is 117 Å². The van der Waals surface area contributed by atoms with Gasteiger partial charge in [-0.15, -0.1) is 0 Å². The van der Waals surface area contributed by atoms with Crippen molar-refractivity contribution in [2.75, 3.05) is 6.54 Å². The number of aryl methyl sites for hydroxylation is 1. The zero-order valence-electron chi connectivity index (χ0n) is 11.8. The number of amides is 3. The Hall–Kier alpha value is -2.15. The molecule has 1 heterocycles. The van der Waals surface area contributed by atoms with E-state index in [-0.39, 0.29) is 6.61 Å². The Morgan fingerprint density at radius 1 is 1.45 bits per heavy atom. The molecular formula is C13H19N3O4. The van der Waals surface area contributed by atoms with Crippen molar-refractivity contribution in [2.24, 2.45) is 0 Å². The number of carbonyl (C=O) groups excluding carboxylic acids is 2. The molecule has 0 fully saturated rings. The molecule has 0 aromatic carbocycles. The number of nitrogens with one attached hydrogen (secondary N) is 2. The van der Waals surface area contributed by atoms with Gasteiger partial charge in [-0.05, 0) is 32.9 Å². The summed E-state index contributed by atoms with van der Waals surface area (Å²) in [6.07, 6.45) is -0.882. The number of imide groups is 1. The molecule has 1 unspecified atom stereocenters. The minimum atomic E-state index is -0.882. The predicted molar refractivity (Wildman–Crippen MR) is 72.2 cm³/mol. The van der Waals surface area contributed by atoms with Crippen molar-refractivity contribution >= 4 is 11.9 Å². The van der Waals surface area contributed by atoms with Crippen LogP contribution in [0.1, 0.15) is 25.2 Å². The van der Waals surface area contributed by atoms with Gasteiger partial charge in [-0.1, -0.05) is 0 Å². The molecule has 0 bridgehead atoms. The number of aromatic nitrogens is 1. The molecule has 7 nitrogen and oxygen atoms in total. The molecule has 1 atom stereocenters. The minimum absolute atomic E-state index is 0.290. The first-order valence-corrected chi connectivity index (χ1v) is 6.30. The first-order valence-electron chi connectivity index (χ1n) is 6.30. The zero-order valence-corrected chi connectivity index (χ0v) is 11.8. The highest BCUT2D eigenvalue weighted by atomic mass is 16.5. The lowest BCUT2D eigenvalue weighted by Gasteiger charge is -2.16. The Bertz CT molecular complexity index is 491. The van der Waals surface area contributed by atoms with E-state index in [1.165, 1.54) is 6.92 Å². The van der Waals surface area contributed by atoms with E-state index in [9.17, 15) is 14.7 Å². The lowest BCUT2D eigenvalue weighted by Crippen LogP contribution is -2.45. The lowest BCUT2D eigenvalue weighted by molar-refractivity contribution is -0.126. The molecule has 0 radical (unpaired) electrons. The molecule has 1 rings (SSSR count). The maximum absolute atomic E-state index is 11.7. The van der Waals surface area contributed by atoms with Crippen molar-refractivity contribution in [3.05, 3.63) is 23.5 Å². The van der Waals surface area contributed by atoms with Gasteiger partial charge in [0.15, 0.2) is 6.10 Å². The molecule has 20 heavy (non-hydrogen) atoms. The number of aliphatic hydroxyl groups excluding tert-OH is 1. The van der Waals surface area contributed by atoms with Crippen LogP contribution in [0, 0.1) is 6.92 Å². The van der Waals surface area contributed by atoms with Gasteiger partial charge in [-0.3, -0.25) is 15.1 Å². The smallest absolute Gasteiger partial charge is 0.321 e. The summed E-state index contributed by atoms with van der Waals surface area (Å²) in [5.74, 6) is -0.253. The third-order valence-electron chi connectivity index (χ3n) is 2.47. The number of nitrogens with zero attached hydrogens (tertiary/aromatic N) is 1. The van der Waals surface area contributed by atoms with Crippen LogP contribution in [-0.4, -0.2) is 34.7 Å². The molecular weight excluding hydrogens is 262 g/mol. The Kier molecular flexibility index (Phi) is 5.92. The molecule has 0 aliphatic rings. The average molecular weight is 281 g/mol. The Balaban J connectivity index is 2.68. The predicted octanol–water partition coefficient (Wildman–Crippen LogP) is 0.495. The average Bonchev–Trinajstić information content (AvgIpc) is 2.40. The third kappa shape index (κ3) is 4.51. The second kappa shape index (κ2) is 7.44. The van der Waals surface area contributed by atoms with Gasteiger partial charge in [0.2, 0.25) is 0 Å². The lowest BCUT2D eigenvalue weighted by atomic mass is 10.3. The van der Waals surface area contributed by atoms with Crippen LogP contribution in [0.15, 0.2) is 12.1 Å². The number of ether oxygens (including phenoxy) is 1. The number of pyridine rings is 1. The second-order valence-corrected chi connectivity index (χ2v) is 4.16. The Morgan fingerprint density at radius 2 is 2.15 bits per heavy atom. The first-order chi connectivity index (χ1) is 9.47. The van der Waals surface area contributed by atoms with Gasteiger partial charge < -0.3 is 15.2 Å². The van der Waals surface area contributed by atoms with Crippen molar-refractivity contribution in [1.82, 2.24) is 15.6 Å². The van der Waals surface area contributed by atoms with E-state index in [1.54, 1.807) is 26.0 Å². The molecule has 7 heteroatoms. The molecule has 1 aromatic rings. The Morgan fingerprint density at radius 3 is 2.75 bits per heavy atom. The maximum Gasteiger partial charge on any atom is 0.321 e. The SMILES string of the molecule is CCNC(=O)NC(=O)C(C)Oc1ccc(C)nc1CO. The highest BCUT2D eigenvalue weighted by Gasteiger charge is 2.18. The van der Waals surface area contributed by atoms with E-state index in [1.807, 2.05) is 0 Å². The van der Waals surface area contributed by atoms with Gasteiger partial charge in [-0.25, -0.2) is 4.79 Å².